The molecule has 100 valence electrons. The molecule has 0 aromatic heterocycles. The van der Waals surface area contributed by atoms with Gasteiger partial charge in [-0.15, -0.1) is 0 Å². The fourth-order valence-electron chi connectivity index (χ4n) is 1.07. The van der Waals surface area contributed by atoms with Crippen LogP contribution in [0.2, 0.25) is 0 Å². The molecule has 6 nitrogen and oxygen atoms in total. The van der Waals surface area contributed by atoms with Gasteiger partial charge in [0.05, 0.1) is 11.1 Å². The summed E-state index contributed by atoms with van der Waals surface area (Å²) in [6, 6.07) is 0. The van der Waals surface area contributed by atoms with Crippen molar-refractivity contribution in [1.29, 1.82) is 0 Å². The molecule has 0 heterocycles. The highest BCUT2D eigenvalue weighted by atomic mass is 16.5. The van der Waals surface area contributed by atoms with Gasteiger partial charge in [0.2, 0.25) is 5.91 Å². The SMILES string of the molecule is CCC(C)(NC(=O)COC(C)(C)C)C(N)=NO. The summed E-state index contributed by atoms with van der Waals surface area (Å²) in [6.07, 6.45) is 0.518. The average molecular weight is 245 g/mol. The molecule has 0 fully saturated rings. The number of hydrogen-bond acceptors (Lipinski definition) is 4. The third-order valence-corrected chi connectivity index (χ3v) is 2.43. The normalized spacial score (nSPS) is 16.4. The number of carbonyl (C=O) groups excluding carboxylic acids is 1. The fraction of sp³-hybridized carbons (Fsp3) is 0.818. The van der Waals surface area contributed by atoms with Gasteiger partial charge in [-0.3, -0.25) is 4.79 Å². The van der Waals surface area contributed by atoms with Crippen LogP contribution in [0.3, 0.4) is 0 Å². The van der Waals surface area contributed by atoms with E-state index in [1.807, 2.05) is 27.7 Å². The molecule has 0 aliphatic carbocycles. The minimum absolute atomic E-state index is 0.0240. The number of hydrogen-bond donors (Lipinski definition) is 3. The van der Waals surface area contributed by atoms with Crippen LogP contribution < -0.4 is 11.1 Å². The molecule has 0 radical (unpaired) electrons. The van der Waals surface area contributed by atoms with Gasteiger partial charge < -0.3 is 21.0 Å². The van der Waals surface area contributed by atoms with Crippen molar-refractivity contribution >= 4 is 11.7 Å². The van der Waals surface area contributed by atoms with E-state index in [0.717, 1.165) is 0 Å². The Morgan fingerprint density at radius 1 is 1.41 bits per heavy atom. The first-order chi connectivity index (χ1) is 7.64. The third-order valence-electron chi connectivity index (χ3n) is 2.43. The molecule has 17 heavy (non-hydrogen) atoms. The van der Waals surface area contributed by atoms with Crippen molar-refractivity contribution in [3.8, 4) is 0 Å². The topological polar surface area (TPSA) is 96.9 Å². The highest BCUT2D eigenvalue weighted by molar-refractivity contribution is 5.93. The van der Waals surface area contributed by atoms with Crippen molar-refractivity contribution in [1.82, 2.24) is 5.32 Å². The Labute approximate surface area is 102 Å². The van der Waals surface area contributed by atoms with Gasteiger partial charge in [0, 0.05) is 0 Å². The Morgan fingerprint density at radius 3 is 2.29 bits per heavy atom. The summed E-state index contributed by atoms with van der Waals surface area (Å²) in [4.78, 5) is 11.7. The predicted molar refractivity (Wildman–Crippen MR) is 66.0 cm³/mol. The fourth-order valence-corrected chi connectivity index (χ4v) is 1.07. The largest absolute Gasteiger partial charge is 0.409 e. The molecule has 4 N–H and O–H groups in total. The Bertz CT molecular complexity index is 297. The van der Waals surface area contributed by atoms with Crippen molar-refractivity contribution in [2.45, 2.75) is 52.2 Å². The van der Waals surface area contributed by atoms with Gasteiger partial charge in [-0.2, -0.15) is 0 Å². The van der Waals surface area contributed by atoms with Crippen LogP contribution in [0.4, 0.5) is 0 Å². The highest BCUT2D eigenvalue weighted by Crippen LogP contribution is 2.10. The molecule has 0 aromatic rings. The summed E-state index contributed by atoms with van der Waals surface area (Å²) in [7, 11) is 0. The highest BCUT2D eigenvalue weighted by Gasteiger charge is 2.29. The second-order valence-electron chi connectivity index (χ2n) is 5.12. The second kappa shape index (κ2) is 5.86. The molecule has 0 aromatic carbocycles. The van der Waals surface area contributed by atoms with Gasteiger partial charge in [-0.1, -0.05) is 12.1 Å². The number of amides is 1. The molecule has 0 saturated carbocycles. The summed E-state index contributed by atoms with van der Waals surface area (Å²) in [6.45, 7) is 9.06. The minimum Gasteiger partial charge on any atom is -0.409 e. The van der Waals surface area contributed by atoms with Gasteiger partial charge in [-0.05, 0) is 34.1 Å². The van der Waals surface area contributed by atoms with Gasteiger partial charge in [0.15, 0.2) is 5.84 Å². The van der Waals surface area contributed by atoms with Crippen LogP contribution in [0.1, 0.15) is 41.0 Å². The lowest BCUT2D eigenvalue weighted by atomic mass is 9.97. The van der Waals surface area contributed by atoms with Crippen molar-refractivity contribution < 1.29 is 14.7 Å². The monoisotopic (exact) mass is 245 g/mol. The molecule has 0 bridgehead atoms. The molecule has 0 saturated heterocycles. The lowest BCUT2D eigenvalue weighted by molar-refractivity contribution is -0.131. The number of nitrogens with zero attached hydrogens (tertiary/aromatic N) is 1. The van der Waals surface area contributed by atoms with Crippen molar-refractivity contribution in [2.24, 2.45) is 10.9 Å². The van der Waals surface area contributed by atoms with E-state index in [2.05, 4.69) is 10.5 Å². The van der Waals surface area contributed by atoms with E-state index in [-0.39, 0.29) is 24.0 Å². The Kier molecular flexibility index (Phi) is 5.41. The minimum atomic E-state index is -0.854. The van der Waals surface area contributed by atoms with Crippen molar-refractivity contribution in [2.75, 3.05) is 6.61 Å². The number of oxime groups is 1. The van der Waals surface area contributed by atoms with E-state index in [0.29, 0.717) is 6.42 Å². The van der Waals surface area contributed by atoms with Crippen LogP contribution in [0, 0.1) is 0 Å². The molecule has 1 atom stereocenters. The van der Waals surface area contributed by atoms with E-state index >= 15 is 0 Å². The van der Waals surface area contributed by atoms with Crippen LogP contribution >= 0.6 is 0 Å². The summed E-state index contributed by atoms with van der Waals surface area (Å²) in [5.41, 5.74) is 4.30. The quantitative estimate of drug-likeness (QED) is 0.289. The van der Waals surface area contributed by atoms with Crippen molar-refractivity contribution in [3.63, 3.8) is 0 Å². The van der Waals surface area contributed by atoms with E-state index in [4.69, 9.17) is 15.7 Å². The summed E-state index contributed by atoms with van der Waals surface area (Å²) in [5, 5.41) is 14.3. The van der Waals surface area contributed by atoms with Crippen LogP contribution in [0.5, 0.6) is 0 Å². The number of ether oxygens (including phenoxy) is 1. The maximum atomic E-state index is 11.7. The summed E-state index contributed by atoms with van der Waals surface area (Å²) in [5.74, 6) is -0.319. The molecular weight excluding hydrogens is 222 g/mol. The Balaban J connectivity index is 4.45. The van der Waals surface area contributed by atoms with E-state index in [1.54, 1.807) is 6.92 Å². The number of amidine groups is 1. The third kappa shape index (κ3) is 5.53. The molecule has 6 heteroatoms. The number of carbonyl (C=O) groups is 1. The standard InChI is InChI=1S/C11H23N3O3/c1-6-11(5,9(12)14-16)13-8(15)7-17-10(2,3)4/h16H,6-7H2,1-5H3,(H2,12,14)(H,13,15). The smallest absolute Gasteiger partial charge is 0.246 e. The van der Waals surface area contributed by atoms with Gasteiger partial charge in [-0.25, -0.2) is 0 Å². The molecule has 0 rings (SSSR count). The molecular formula is C11H23N3O3. The predicted octanol–water partition coefficient (Wildman–Crippen LogP) is 0.833. The lowest BCUT2D eigenvalue weighted by Crippen LogP contribution is -2.56. The zero-order chi connectivity index (χ0) is 13.7. The summed E-state index contributed by atoms with van der Waals surface area (Å²) >= 11 is 0. The van der Waals surface area contributed by atoms with Crippen LogP contribution in [0.25, 0.3) is 0 Å². The van der Waals surface area contributed by atoms with Gasteiger partial charge in [0.1, 0.15) is 6.61 Å². The maximum absolute atomic E-state index is 11.7. The Hall–Kier alpha value is -1.30. The van der Waals surface area contributed by atoms with Gasteiger partial charge in [0.25, 0.3) is 0 Å². The first kappa shape index (κ1) is 15.7. The second-order valence-corrected chi connectivity index (χ2v) is 5.12. The maximum Gasteiger partial charge on any atom is 0.246 e. The number of nitrogens with two attached hydrogens (primary N) is 1. The molecule has 1 amide bonds. The number of nitrogens with one attached hydrogen (secondary N) is 1. The zero-order valence-electron chi connectivity index (χ0n) is 11.2. The first-order valence-corrected chi connectivity index (χ1v) is 5.57. The van der Waals surface area contributed by atoms with Crippen LogP contribution in [-0.4, -0.2) is 34.7 Å². The number of rotatable bonds is 5. The van der Waals surface area contributed by atoms with Crippen LogP contribution in [0.15, 0.2) is 5.16 Å². The molecule has 1 unspecified atom stereocenters. The average Bonchev–Trinajstić information content (AvgIpc) is 2.24. The Morgan fingerprint density at radius 2 is 1.94 bits per heavy atom. The molecule has 0 aliphatic heterocycles. The van der Waals surface area contributed by atoms with E-state index in [9.17, 15) is 4.79 Å². The van der Waals surface area contributed by atoms with E-state index < -0.39 is 5.54 Å². The van der Waals surface area contributed by atoms with Crippen LogP contribution in [-0.2, 0) is 9.53 Å². The molecule has 0 spiro atoms. The van der Waals surface area contributed by atoms with Gasteiger partial charge >= 0.3 is 0 Å². The van der Waals surface area contributed by atoms with Crippen molar-refractivity contribution in [3.05, 3.63) is 0 Å². The van der Waals surface area contributed by atoms with E-state index in [1.165, 1.54) is 0 Å². The summed E-state index contributed by atoms with van der Waals surface area (Å²) < 4.78 is 5.34. The lowest BCUT2D eigenvalue weighted by Gasteiger charge is -2.28. The first-order valence-electron chi connectivity index (χ1n) is 5.57. The molecule has 0 aliphatic rings. The zero-order valence-corrected chi connectivity index (χ0v) is 11.2.